The third-order valence-corrected chi connectivity index (χ3v) is 3.13. The molecule has 0 aromatic carbocycles. The molecule has 0 aliphatic carbocycles. The fourth-order valence-electron chi connectivity index (χ4n) is 2.09. The Labute approximate surface area is 120 Å². The van der Waals surface area contributed by atoms with Crippen LogP contribution in [0.3, 0.4) is 0 Å². The van der Waals surface area contributed by atoms with E-state index >= 15 is 0 Å². The van der Waals surface area contributed by atoms with E-state index in [9.17, 15) is 9.59 Å². The molecule has 2 aromatic heterocycles. The lowest BCUT2D eigenvalue weighted by atomic mass is 10.2. The van der Waals surface area contributed by atoms with Crippen LogP contribution in [0, 0.1) is 0 Å². The minimum absolute atomic E-state index is 0.233. The molecule has 1 aliphatic heterocycles. The molecule has 0 unspecified atom stereocenters. The highest BCUT2D eigenvalue weighted by Gasteiger charge is 2.26. The van der Waals surface area contributed by atoms with Crippen molar-refractivity contribution in [2.45, 2.75) is 12.6 Å². The van der Waals surface area contributed by atoms with Gasteiger partial charge in [0, 0.05) is 37.2 Å². The van der Waals surface area contributed by atoms with Gasteiger partial charge in [0.2, 0.25) is 5.91 Å². The quantitative estimate of drug-likeness (QED) is 0.709. The first-order valence-corrected chi connectivity index (χ1v) is 6.50. The molecular weight excluding hydrogens is 272 g/mol. The number of carbonyl (C=O) groups is 2. The van der Waals surface area contributed by atoms with Crippen molar-refractivity contribution in [2.24, 2.45) is 0 Å². The van der Waals surface area contributed by atoms with Crippen molar-refractivity contribution < 1.29 is 9.59 Å². The van der Waals surface area contributed by atoms with Gasteiger partial charge in [0.1, 0.15) is 6.04 Å². The van der Waals surface area contributed by atoms with E-state index < -0.39 is 6.04 Å². The maximum absolute atomic E-state index is 12.0. The van der Waals surface area contributed by atoms with Gasteiger partial charge in [-0.2, -0.15) is 5.10 Å². The molecule has 3 N–H and O–H groups in total. The highest BCUT2D eigenvalue weighted by molar-refractivity contribution is 5.90. The average Bonchev–Trinajstić information content (AvgIpc) is 3.16. The largest absolute Gasteiger partial charge is 0.350 e. The Morgan fingerprint density at radius 1 is 1.43 bits per heavy atom. The standard InChI is InChI=1S/C13H14N6O2/c20-12(10-8-16-13(21)18-10)15-7-9-3-1-4-14-11(9)19-6-2-5-17-19/h1-6,10H,7-8H2,(H,15,20)(H2,16,18,21)/t10-/m0/s1. The van der Waals surface area contributed by atoms with E-state index in [2.05, 4.69) is 26.0 Å². The molecule has 8 heteroatoms. The van der Waals surface area contributed by atoms with Crippen LogP contribution < -0.4 is 16.0 Å². The van der Waals surface area contributed by atoms with Crippen LogP contribution in [0.15, 0.2) is 36.8 Å². The number of pyridine rings is 1. The molecule has 3 rings (SSSR count). The second-order valence-corrected chi connectivity index (χ2v) is 4.56. The van der Waals surface area contributed by atoms with Crippen LogP contribution in [0.4, 0.5) is 4.79 Å². The third kappa shape index (κ3) is 2.83. The van der Waals surface area contributed by atoms with E-state index in [1.54, 1.807) is 35.4 Å². The third-order valence-electron chi connectivity index (χ3n) is 3.13. The second kappa shape index (κ2) is 5.61. The van der Waals surface area contributed by atoms with Gasteiger partial charge in [0.25, 0.3) is 0 Å². The average molecular weight is 286 g/mol. The maximum Gasteiger partial charge on any atom is 0.315 e. The number of urea groups is 1. The van der Waals surface area contributed by atoms with Gasteiger partial charge >= 0.3 is 6.03 Å². The van der Waals surface area contributed by atoms with Crippen LogP contribution in [-0.4, -0.2) is 39.3 Å². The molecular formula is C13H14N6O2. The van der Waals surface area contributed by atoms with E-state index in [1.165, 1.54) is 0 Å². The summed E-state index contributed by atoms with van der Waals surface area (Å²) in [7, 11) is 0. The zero-order chi connectivity index (χ0) is 14.7. The topological polar surface area (TPSA) is 101 Å². The van der Waals surface area contributed by atoms with E-state index in [0.717, 1.165) is 5.56 Å². The van der Waals surface area contributed by atoms with Crippen molar-refractivity contribution in [3.63, 3.8) is 0 Å². The molecule has 3 heterocycles. The first-order chi connectivity index (χ1) is 10.2. The molecule has 0 saturated carbocycles. The fourth-order valence-corrected chi connectivity index (χ4v) is 2.09. The highest BCUT2D eigenvalue weighted by Crippen LogP contribution is 2.09. The lowest BCUT2D eigenvalue weighted by Gasteiger charge is -2.12. The predicted molar refractivity (Wildman–Crippen MR) is 73.5 cm³/mol. The Balaban J connectivity index is 1.68. The molecule has 3 amide bonds. The molecule has 0 radical (unpaired) electrons. The zero-order valence-corrected chi connectivity index (χ0v) is 11.1. The number of rotatable bonds is 4. The number of amides is 3. The summed E-state index contributed by atoms with van der Waals surface area (Å²) in [4.78, 5) is 27.2. The molecule has 8 nitrogen and oxygen atoms in total. The van der Waals surface area contributed by atoms with Crippen molar-refractivity contribution in [1.29, 1.82) is 0 Å². The molecule has 1 atom stereocenters. The summed E-state index contributed by atoms with van der Waals surface area (Å²) < 4.78 is 1.64. The van der Waals surface area contributed by atoms with Gasteiger partial charge in [-0.1, -0.05) is 6.07 Å². The normalized spacial score (nSPS) is 17.1. The number of aromatic nitrogens is 3. The minimum Gasteiger partial charge on any atom is -0.350 e. The van der Waals surface area contributed by atoms with Crippen LogP contribution in [0.25, 0.3) is 5.82 Å². The Morgan fingerprint density at radius 3 is 3.05 bits per heavy atom. The van der Waals surface area contributed by atoms with Gasteiger partial charge in [0.05, 0.1) is 0 Å². The van der Waals surface area contributed by atoms with Crippen LogP contribution in [0.2, 0.25) is 0 Å². The Kier molecular flexibility index (Phi) is 3.50. The summed E-state index contributed by atoms with van der Waals surface area (Å²) in [6.07, 6.45) is 5.12. The fraction of sp³-hybridized carbons (Fsp3) is 0.231. The lowest BCUT2D eigenvalue weighted by Crippen LogP contribution is -2.42. The Bertz CT molecular complexity index is 654. The predicted octanol–water partition coefficient (Wildman–Crippen LogP) is -0.435. The summed E-state index contributed by atoms with van der Waals surface area (Å²) in [6.45, 7) is 0.609. The first-order valence-electron chi connectivity index (χ1n) is 6.50. The van der Waals surface area contributed by atoms with Crippen LogP contribution in [-0.2, 0) is 11.3 Å². The molecule has 2 aromatic rings. The molecule has 0 bridgehead atoms. The molecule has 1 aliphatic rings. The minimum atomic E-state index is -0.540. The molecule has 21 heavy (non-hydrogen) atoms. The van der Waals surface area contributed by atoms with Crippen LogP contribution in [0.1, 0.15) is 5.56 Å². The van der Waals surface area contributed by atoms with E-state index in [1.807, 2.05) is 6.07 Å². The van der Waals surface area contributed by atoms with Gasteiger partial charge in [-0.3, -0.25) is 4.79 Å². The number of hydrogen-bond donors (Lipinski definition) is 3. The maximum atomic E-state index is 12.0. The van der Waals surface area contributed by atoms with E-state index in [-0.39, 0.29) is 11.9 Å². The van der Waals surface area contributed by atoms with Gasteiger partial charge < -0.3 is 16.0 Å². The molecule has 0 spiro atoms. The number of nitrogens with zero attached hydrogens (tertiary/aromatic N) is 3. The van der Waals surface area contributed by atoms with Crippen LogP contribution >= 0.6 is 0 Å². The van der Waals surface area contributed by atoms with E-state index in [4.69, 9.17) is 0 Å². The van der Waals surface area contributed by atoms with Gasteiger partial charge in [-0.25, -0.2) is 14.5 Å². The molecule has 108 valence electrons. The SMILES string of the molecule is O=C1NC[C@@H](C(=O)NCc2cccnc2-n2cccn2)N1. The second-order valence-electron chi connectivity index (χ2n) is 4.56. The van der Waals surface area contributed by atoms with E-state index in [0.29, 0.717) is 18.9 Å². The summed E-state index contributed by atoms with van der Waals surface area (Å²) in [5.74, 6) is 0.431. The lowest BCUT2D eigenvalue weighted by molar-refractivity contribution is -0.122. The summed E-state index contributed by atoms with van der Waals surface area (Å²) in [5.41, 5.74) is 0.840. The van der Waals surface area contributed by atoms with Crippen molar-refractivity contribution in [2.75, 3.05) is 6.54 Å². The zero-order valence-electron chi connectivity index (χ0n) is 11.1. The summed E-state index contributed by atoms with van der Waals surface area (Å²) in [5, 5.41) is 12.0. The summed E-state index contributed by atoms with van der Waals surface area (Å²) >= 11 is 0. The first kappa shape index (κ1) is 13.1. The smallest absolute Gasteiger partial charge is 0.315 e. The summed E-state index contributed by atoms with van der Waals surface area (Å²) in [6, 6.07) is 4.61. The molecule has 1 fully saturated rings. The van der Waals surface area contributed by atoms with Crippen molar-refractivity contribution in [1.82, 2.24) is 30.7 Å². The number of nitrogens with one attached hydrogen (secondary N) is 3. The van der Waals surface area contributed by atoms with Crippen molar-refractivity contribution in [3.8, 4) is 5.82 Å². The van der Waals surface area contributed by atoms with Crippen LogP contribution in [0.5, 0.6) is 0 Å². The Morgan fingerprint density at radius 2 is 2.33 bits per heavy atom. The van der Waals surface area contributed by atoms with Gasteiger partial charge in [-0.15, -0.1) is 0 Å². The number of hydrogen-bond acceptors (Lipinski definition) is 4. The van der Waals surface area contributed by atoms with Crippen molar-refractivity contribution in [3.05, 3.63) is 42.4 Å². The molecule has 1 saturated heterocycles. The van der Waals surface area contributed by atoms with Gasteiger partial charge in [0.15, 0.2) is 5.82 Å². The number of carbonyl (C=O) groups excluding carboxylic acids is 2. The Hall–Kier alpha value is -2.90. The highest BCUT2D eigenvalue weighted by atomic mass is 16.2. The van der Waals surface area contributed by atoms with Gasteiger partial charge in [-0.05, 0) is 12.1 Å². The monoisotopic (exact) mass is 286 g/mol. The van der Waals surface area contributed by atoms with Crippen molar-refractivity contribution >= 4 is 11.9 Å².